The first-order valence-corrected chi connectivity index (χ1v) is 7.94. The minimum absolute atomic E-state index is 0.0743. The molecule has 0 spiro atoms. The minimum atomic E-state index is -0.597. The van der Waals surface area contributed by atoms with E-state index >= 15 is 0 Å². The molecular weight excluding hydrogens is 320 g/mol. The number of hydrogen-bond acceptors (Lipinski definition) is 6. The lowest BCUT2D eigenvalue weighted by Crippen LogP contribution is -2.12. The number of aromatic hydroxyl groups is 1. The third-order valence-corrected chi connectivity index (χ3v) is 3.88. The number of carbonyl (C=O) groups excluding carboxylic acids is 1. The van der Waals surface area contributed by atoms with Crippen molar-refractivity contribution >= 4 is 23.6 Å². The molecule has 25 heavy (non-hydrogen) atoms. The SMILES string of the molecule is CCOc1ccc(N=Cc2ccc(O)cc2)c(C2COC(=O)C2=N)c1. The summed E-state index contributed by atoms with van der Waals surface area (Å²) in [6, 6.07) is 12.1. The molecule has 0 aromatic heterocycles. The van der Waals surface area contributed by atoms with Crippen molar-refractivity contribution < 1.29 is 19.4 Å². The second-order valence-electron chi connectivity index (χ2n) is 5.57. The Morgan fingerprint density at radius 1 is 1.32 bits per heavy atom. The summed E-state index contributed by atoms with van der Waals surface area (Å²) in [7, 11) is 0. The smallest absolute Gasteiger partial charge is 0.352 e. The molecule has 6 heteroatoms. The first-order valence-electron chi connectivity index (χ1n) is 7.94. The Labute approximate surface area is 145 Å². The van der Waals surface area contributed by atoms with Crippen LogP contribution in [0.15, 0.2) is 47.5 Å². The van der Waals surface area contributed by atoms with E-state index in [9.17, 15) is 9.90 Å². The van der Waals surface area contributed by atoms with Crippen molar-refractivity contribution in [3.63, 3.8) is 0 Å². The number of nitrogens with one attached hydrogen (secondary N) is 1. The van der Waals surface area contributed by atoms with Gasteiger partial charge in [-0.1, -0.05) is 0 Å². The molecule has 6 nitrogen and oxygen atoms in total. The van der Waals surface area contributed by atoms with Gasteiger partial charge in [0.2, 0.25) is 0 Å². The van der Waals surface area contributed by atoms with Gasteiger partial charge in [-0.15, -0.1) is 0 Å². The van der Waals surface area contributed by atoms with Gasteiger partial charge in [-0.3, -0.25) is 10.4 Å². The van der Waals surface area contributed by atoms with Crippen molar-refractivity contribution in [2.24, 2.45) is 4.99 Å². The maximum Gasteiger partial charge on any atom is 0.352 e. The van der Waals surface area contributed by atoms with Crippen molar-refractivity contribution in [1.29, 1.82) is 5.41 Å². The fourth-order valence-electron chi connectivity index (χ4n) is 2.60. The number of benzene rings is 2. The Kier molecular flexibility index (Phi) is 4.79. The molecule has 0 bridgehead atoms. The van der Waals surface area contributed by atoms with Crippen LogP contribution in [0, 0.1) is 5.41 Å². The van der Waals surface area contributed by atoms with Gasteiger partial charge in [0.05, 0.1) is 18.2 Å². The standard InChI is InChI=1S/C19H18N2O4/c1-2-24-14-7-8-17(21-10-12-3-5-13(22)6-4-12)15(9-14)16-11-25-19(23)18(16)20/h3-10,16,20,22H,2,11H2,1H3. The van der Waals surface area contributed by atoms with E-state index in [-0.39, 0.29) is 18.1 Å². The zero-order valence-electron chi connectivity index (χ0n) is 13.7. The monoisotopic (exact) mass is 338 g/mol. The molecule has 1 fully saturated rings. The number of hydrogen-bond donors (Lipinski definition) is 2. The van der Waals surface area contributed by atoms with Crippen LogP contribution in [-0.2, 0) is 9.53 Å². The van der Waals surface area contributed by atoms with Crippen LogP contribution >= 0.6 is 0 Å². The highest BCUT2D eigenvalue weighted by Crippen LogP contribution is 2.34. The second kappa shape index (κ2) is 7.17. The van der Waals surface area contributed by atoms with Gasteiger partial charge >= 0.3 is 5.97 Å². The zero-order chi connectivity index (χ0) is 17.8. The number of aliphatic imine (C=N–C) groups is 1. The summed E-state index contributed by atoms with van der Waals surface area (Å²) < 4.78 is 10.5. The predicted molar refractivity (Wildman–Crippen MR) is 94.4 cm³/mol. The average Bonchev–Trinajstić information content (AvgIpc) is 2.94. The van der Waals surface area contributed by atoms with Crippen LogP contribution in [0.25, 0.3) is 0 Å². The Hall–Kier alpha value is -3.15. The lowest BCUT2D eigenvalue weighted by molar-refractivity contribution is -0.132. The van der Waals surface area contributed by atoms with E-state index < -0.39 is 11.9 Å². The van der Waals surface area contributed by atoms with Gasteiger partial charge in [0.15, 0.2) is 0 Å². The van der Waals surface area contributed by atoms with Crippen LogP contribution in [0.5, 0.6) is 11.5 Å². The molecule has 2 aromatic carbocycles. The van der Waals surface area contributed by atoms with Crippen LogP contribution in [0.2, 0.25) is 0 Å². The van der Waals surface area contributed by atoms with Crippen LogP contribution in [0.4, 0.5) is 5.69 Å². The summed E-state index contributed by atoms with van der Waals surface area (Å²) in [6.07, 6.45) is 1.67. The van der Waals surface area contributed by atoms with Crippen LogP contribution in [-0.4, -0.2) is 36.2 Å². The number of carbonyl (C=O) groups is 1. The van der Waals surface area contributed by atoms with Gasteiger partial charge in [0.1, 0.15) is 23.8 Å². The van der Waals surface area contributed by atoms with Gasteiger partial charge in [-0.25, -0.2) is 4.79 Å². The second-order valence-corrected chi connectivity index (χ2v) is 5.57. The Morgan fingerprint density at radius 3 is 2.72 bits per heavy atom. The summed E-state index contributed by atoms with van der Waals surface area (Å²) in [6.45, 7) is 2.54. The number of phenols is 1. The molecule has 0 saturated carbocycles. The third-order valence-electron chi connectivity index (χ3n) is 3.88. The maximum absolute atomic E-state index is 11.6. The van der Waals surface area contributed by atoms with Crippen LogP contribution in [0.1, 0.15) is 24.0 Å². The number of rotatable bonds is 5. The van der Waals surface area contributed by atoms with Crippen molar-refractivity contribution in [2.45, 2.75) is 12.8 Å². The van der Waals surface area contributed by atoms with Gasteiger partial charge in [-0.2, -0.15) is 0 Å². The van der Waals surface area contributed by atoms with Crippen molar-refractivity contribution in [2.75, 3.05) is 13.2 Å². The molecule has 1 atom stereocenters. The van der Waals surface area contributed by atoms with E-state index in [4.69, 9.17) is 14.9 Å². The normalized spacial score (nSPS) is 17.1. The number of ether oxygens (including phenoxy) is 2. The quantitative estimate of drug-likeness (QED) is 0.647. The third kappa shape index (κ3) is 3.68. The summed E-state index contributed by atoms with van der Waals surface area (Å²) in [4.78, 5) is 16.0. The highest BCUT2D eigenvalue weighted by atomic mass is 16.5. The van der Waals surface area contributed by atoms with Gasteiger partial charge in [0, 0.05) is 6.21 Å². The number of phenolic OH excluding ortho intramolecular Hbond substituents is 1. The summed E-state index contributed by atoms with van der Waals surface area (Å²) in [5.41, 5.74) is 2.11. The van der Waals surface area contributed by atoms with E-state index in [1.807, 2.05) is 6.92 Å². The van der Waals surface area contributed by atoms with E-state index in [1.165, 1.54) is 0 Å². The van der Waals surface area contributed by atoms with Gasteiger partial charge < -0.3 is 14.6 Å². The van der Waals surface area contributed by atoms with Gasteiger partial charge in [-0.05, 0) is 60.5 Å². The average molecular weight is 338 g/mol. The van der Waals surface area contributed by atoms with Crippen LogP contribution in [0.3, 0.4) is 0 Å². The molecule has 1 saturated heterocycles. The van der Waals surface area contributed by atoms with E-state index in [0.717, 1.165) is 11.1 Å². The van der Waals surface area contributed by atoms with E-state index in [2.05, 4.69) is 4.99 Å². The molecule has 1 heterocycles. The lowest BCUT2D eigenvalue weighted by Gasteiger charge is -2.13. The predicted octanol–water partition coefficient (Wildman–Crippen LogP) is 3.20. The lowest BCUT2D eigenvalue weighted by atomic mass is 9.94. The molecular formula is C19H18N2O4. The van der Waals surface area contributed by atoms with Gasteiger partial charge in [0.25, 0.3) is 0 Å². The summed E-state index contributed by atoms with van der Waals surface area (Å²) >= 11 is 0. The minimum Gasteiger partial charge on any atom is -0.508 e. The molecule has 1 aliphatic rings. The fraction of sp³-hybridized carbons (Fsp3) is 0.211. The first kappa shape index (κ1) is 16.7. The number of cyclic esters (lactones) is 1. The van der Waals surface area contributed by atoms with Crippen LogP contribution < -0.4 is 4.74 Å². The Morgan fingerprint density at radius 2 is 2.08 bits per heavy atom. The Bertz CT molecular complexity index is 828. The first-order chi connectivity index (χ1) is 12.1. The molecule has 3 rings (SSSR count). The number of nitrogens with zero attached hydrogens (tertiary/aromatic N) is 1. The topological polar surface area (TPSA) is 92.0 Å². The molecule has 128 valence electrons. The fourth-order valence-corrected chi connectivity index (χ4v) is 2.60. The van der Waals surface area contributed by atoms with Crippen molar-refractivity contribution in [1.82, 2.24) is 0 Å². The molecule has 0 aliphatic carbocycles. The molecule has 2 aromatic rings. The largest absolute Gasteiger partial charge is 0.508 e. The molecule has 2 N–H and O–H groups in total. The van der Waals surface area contributed by atoms with E-state index in [1.54, 1.807) is 48.7 Å². The highest BCUT2D eigenvalue weighted by Gasteiger charge is 2.34. The summed E-state index contributed by atoms with van der Waals surface area (Å²) in [5, 5.41) is 17.3. The van der Waals surface area contributed by atoms with Crippen molar-refractivity contribution in [3.05, 3.63) is 53.6 Å². The molecule has 0 radical (unpaired) electrons. The Balaban J connectivity index is 1.96. The molecule has 0 amide bonds. The van der Waals surface area contributed by atoms with Crippen molar-refractivity contribution in [3.8, 4) is 11.5 Å². The molecule has 1 aliphatic heterocycles. The highest BCUT2D eigenvalue weighted by molar-refractivity contribution is 6.39. The summed E-state index contributed by atoms with van der Waals surface area (Å²) in [5.74, 6) is -0.206. The molecule has 1 unspecified atom stereocenters. The van der Waals surface area contributed by atoms with E-state index in [0.29, 0.717) is 18.0 Å². The number of esters is 1. The zero-order valence-corrected chi connectivity index (χ0v) is 13.7. The maximum atomic E-state index is 11.6.